The minimum absolute atomic E-state index is 0.0702. The van der Waals surface area contributed by atoms with Crippen molar-refractivity contribution in [3.05, 3.63) is 65.7 Å². The van der Waals surface area contributed by atoms with E-state index in [0.717, 1.165) is 22.1 Å². The van der Waals surface area contributed by atoms with E-state index in [0.29, 0.717) is 17.5 Å². The Morgan fingerprint density at radius 1 is 1.21 bits per heavy atom. The van der Waals surface area contributed by atoms with Gasteiger partial charge in [0, 0.05) is 19.0 Å². The molecule has 0 radical (unpaired) electrons. The van der Waals surface area contributed by atoms with Crippen LogP contribution in [0.3, 0.4) is 0 Å². The van der Waals surface area contributed by atoms with Gasteiger partial charge < -0.3 is 4.90 Å². The Morgan fingerprint density at radius 3 is 2.79 bits per heavy atom. The number of aryl methyl sites for hydroxylation is 1. The predicted octanol–water partition coefficient (Wildman–Crippen LogP) is 3.86. The number of para-hydroxylation sites is 1. The highest BCUT2D eigenvalue weighted by molar-refractivity contribution is 8.00. The van der Waals surface area contributed by atoms with Crippen LogP contribution in [0.4, 0.5) is 4.39 Å². The Morgan fingerprint density at radius 2 is 2.00 bits per heavy atom. The Bertz CT molecular complexity index is 1210. The number of aromatic nitrogens is 4. The fraction of sp³-hybridized carbons (Fsp3) is 0.238. The Hall–Kier alpha value is -3.00. The molecule has 2 aromatic carbocycles. The summed E-state index contributed by atoms with van der Waals surface area (Å²) in [5.74, 6) is 0.265. The van der Waals surface area contributed by atoms with E-state index in [1.54, 1.807) is 28.6 Å². The van der Waals surface area contributed by atoms with Gasteiger partial charge in [0.2, 0.25) is 5.91 Å². The van der Waals surface area contributed by atoms with Gasteiger partial charge in [-0.15, -0.1) is 5.10 Å². The summed E-state index contributed by atoms with van der Waals surface area (Å²) < 4.78 is 15.1. The third-order valence-corrected chi connectivity index (χ3v) is 5.60. The largest absolute Gasteiger partial charge is 0.340 e. The second-order valence-electron chi connectivity index (χ2n) is 6.89. The molecule has 0 fully saturated rings. The molecule has 0 spiro atoms. The van der Waals surface area contributed by atoms with Gasteiger partial charge in [0.25, 0.3) is 0 Å². The molecule has 4 rings (SSSR count). The summed E-state index contributed by atoms with van der Waals surface area (Å²) in [4.78, 5) is 23.7. The first-order valence-electron chi connectivity index (χ1n) is 9.20. The lowest BCUT2D eigenvalue weighted by Crippen LogP contribution is -2.33. The Labute approximate surface area is 171 Å². The minimum atomic E-state index is -0.394. The summed E-state index contributed by atoms with van der Waals surface area (Å²) >= 11 is 1.34. The Kier molecular flexibility index (Phi) is 5.19. The van der Waals surface area contributed by atoms with Gasteiger partial charge in [-0.2, -0.15) is 4.52 Å². The van der Waals surface area contributed by atoms with E-state index in [-0.39, 0.29) is 11.7 Å². The van der Waals surface area contributed by atoms with Gasteiger partial charge in [-0.1, -0.05) is 36.0 Å². The van der Waals surface area contributed by atoms with Crippen LogP contribution in [0.1, 0.15) is 18.3 Å². The smallest absolute Gasteiger partial charge is 0.235 e. The standard InChI is InChI=1S/C21H20FN5OS/c1-13(20(28)26(3)12-15-7-6-8-16(22)11-15)29-21-24-18-10-5-4-9-17(18)19-23-14(2)25-27(19)21/h4-11,13H,12H2,1-3H3. The van der Waals surface area contributed by atoms with Crippen LogP contribution in [0, 0.1) is 12.7 Å². The SMILES string of the molecule is Cc1nc2c3ccccc3nc(SC(C)C(=O)N(C)Cc3cccc(F)c3)n2n1. The molecular formula is C21H20FN5OS. The lowest BCUT2D eigenvalue weighted by molar-refractivity contribution is -0.129. The molecule has 0 saturated carbocycles. The highest BCUT2D eigenvalue weighted by Crippen LogP contribution is 2.27. The van der Waals surface area contributed by atoms with Crippen LogP contribution in [0.15, 0.2) is 53.7 Å². The zero-order chi connectivity index (χ0) is 20.5. The van der Waals surface area contributed by atoms with Gasteiger partial charge in [0.15, 0.2) is 10.8 Å². The fourth-order valence-corrected chi connectivity index (χ4v) is 4.19. The van der Waals surface area contributed by atoms with Crippen LogP contribution in [-0.2, 0) is 11.3 Å². The third-order valence-electron chi connectivity index (χ3n) is 4.57. The number of hydrogen-bond acceptors (Lipinski definition) is 5. The average molecular weight is 409 g/mol. The van der Waals surface area contributed by atoms with E-state index in [2.05, 4.69) is 10.1 Å². The summed E-state index contributed by atoms with van der Waals surface area (Å²) in [5, 5.41) is 5.59. The lowest BCUT2D eigenvalue weighted by Gasteiger charge is -2.21. The summed E-state index contributed by atoms with van der Waals surface area (Å²) in [5.41, 5.74) is 2.28. The highest BCUT2D eigenvalue weighted by Gasteiger charge is 2.22. The average Bonchev–Trinajstić information content (AvgIpc) is 3.09. The van der Waals surface area contributed by atoms with Gasteiger partial charge >= 0.3 is 0 Å². The lowest BCUT2D eigenvalue weighted by atomic mass is 10.2. The molecule has 29 heavy (non-hydrogen) atoms. The van der Waals surface area contributed by atoms with Crippen molar-refractivity contribution in [1.29, 1.82) is 0 Å². The predicted molar refractivity (Wildman–Crippen MR) is 111 cm³/mol. The van der Waals surface area contributed by atoms with E-state index in [4.69, 9.17) is 4.98 Å². The van der Waals surface area contributed by atoms with Crippen LogP contribution in [0.25, 0.3) is 16.6 Å². The maximum atomic E-state index is 13.4. The molecule has 0 bridgehead atoms. The molecule has 6 nitrogen and oxygen atoms in total. The van der Waals surface area contributed by atoms with Gasteiger partial charge in [-0.25, -0.2) is 14.4 Å². The molecule has 0 saturated heterocycles. The molecule has 1 unspecified atom stereocenters. The number of amides is 1. The van der Waals surface area contributed by atoms with Crippen LogP contribution in [0.2, 0.25) is 0 Å². The van der Waals surface area contributed by atoms with Crippen molar-refractivity contribution in [3.8, 4) is 0 Å². The van der Waals surface area contributed by atoms with Gasteiger partial charge in [-0.3, -0.25) is 4.79 Å². The molecule has 2 aromatic heterocycles. The van der Waals surface area contributed by atoms with Gasteiger partial charge in [0.05, 0.1) is 10.8 Å². The molecule has 0 N–H and O–H groups in total. The zero-order valence-corrected chi connectivity index (χ0v) is 17.2. The third kappa shape index (κ3) is 3.93. The molecule has 8 heteroatoms. The molecule has 1 amide bonds. The second-order valence-corrected chi connectivity index (χ2v) is 8.20. The Balaban J connectivity index is 1.59. The first-order chi connectivity index (χ1) is 13.9. The molecule has 148 valence electrons. The summed E-state index contributed by atoms with van der Waals surface area (Å²) in [6.45, 7) is 4.00. The van der Waals surface area contributed by atoms with Crippen molar-refractivity contribution in [3.63, 3.8) is 0 Å². The number of carbonyl (C=O) groups is 1. The number of halogens is 1. The van der Waals surface area contributed by atoms with E-state index < -0.39 is 5.25 Å². The van der Waals surface area contributed by atoms with Crippen LogP contribution in [0.5, 0.6) is 0 Å². The summed E-state index contributed by atoms with van der Waals surface area (Å²) in [6, 6.07) is 14.0. The molecule has 4 aromatic rings. The zero-order valence-electron chi connectivity index (χ0n) is 16.3. The molecule has 0 aliphatic heterocycles. The van der Waals surface area contributed by atoms with Crippen molar-refractivity contribution >= 4 is 34.2 Å². The van der Waals surface area contributed by atoms with Crippen molar-refractivity contribution in [2.24, 2.45) is 0 Å². The van der Waals surface area contributed by atoms with Crippen molar-refractivity contribution < 1.29 is 9.18 Å². The van der Waals surface area contributed by atoms with Crippen LogP contribution in [-0.4, -0.2) is 42.7 Å². The van der Waals surface area contributed by atoms with E-state index in [9.17, 15) is 9.18 Å². The number of thioether (sulfide) groups is 1. The van der Waals surface area contributed by atoms with Crippen LogP contribution >= 0.6 is 11.8 Å². The number of nitrogens with zero attached hydrogens (tertiary/aromatic N) is 5. The minimum Gasteiger partial charge on any atom is -0.340 e. The molecule has 0 aliphatic carbocycles. The topological polar surface area (TPSA) is 63.4 Å². The van der Waals surface area contributed by atoms with Crippen molar-refractivity contribution in [1.82, 2.24) is 24.5 Å². The van der Waals surface area contributed by atoms with E-state index in [1.807, 2.05) is 38.1 Å². The van der Waals surface area contributed by atoms with Crippen molar-refractivity contribution in [2.45, 2.75) is 30.8 Å². The van der Waals surface area contributed by atoms with E-state index >= 15 is 0 Å². The van der Waals surface area contributed by atoms with Gasteiger partial charge in [-0.05, 0) is 43.7 Å². The number of hydrogen-bond donors (Lipinski definition) is 0. The maximum Gasteiger partial charge on any atom is 0.235 e. The highest BCUT2D eigenvalue weighted by atomic mass is 32.2. The maximum absolute atomic E-state index is 13.4. The summed E-state index contributed by atoms with van der Waals surface area (Å²) in [6.07, 6.45) is 0. The van der Waals surface area contributed by atoms with Crippen molar-refractivity contribution in [2.75, 3.05) is 7.05 Å². The molecule has 2 heterocycles. The normalized spacial score (nSPS) is 12.4. The first kappa shape index (κ1) is 19.3. The molecule has 1 atom stereocenters. The molecule has 0 aliphatic rings. The quantitative estimate of drug-likeness (QED) is 0.370. The van der Waals surface area contributed by atoms with Gasteiger partial charge in [0.1, 0.15) is 11.6 Å². The number of carbonyl (C=O) groups excluding carboxylic acids is 1. The van der Waals surface area contributed by atoms with E-state index in [1.165, 1.54) is 23.9 Å². The second kappa shape index (κ2) is 7.79. The number of benzene rings is 2. The molecular weight excluding hydrogens is 389 g/mol. The summed E-state index contributed by atoms with van der Waals surface area (Å²) in [7, 11) is 1.72. The fourth-order valence-electron chi connectivity index (χ4n) is 3.22. The van der Waals surface area contributed by atoms with Crippen LogP contribution < -0.4 is 0 Å². The monoisotopic (exact) mass is 409 g/mol. The number of rotatable bonds is 5. The first-order valence-corrected chi connectivity index (χ1v) is 10.1. The number of fused-ring (bicyclic) bond motifs is 3.